The molecule has 2 heterocycles. The number of oxazole rings is 1. The average molecular weight is 324 g/mol. The summed E-state index contributed by atoms with van der Waals surface area (Å²) in [6.07, 6.45) is 3.25. The average Bonchev–Trinajstić information content (AvgIpc) is 3.23. The van der Waals surface area contributed by atoms with E-state index in [-0.39, 0.29) is 11.3 Å². The van der Waals surface area contributed by atoms with Gasteiger partial charge < -0.3 is 9.73 Å². The molecule has 124 valence electrons. The van der Waals surface area contributed by atoms with Crippen LogP contribution in [0.25, 0.3) is 11.5 Å². The molecule has 2 aromatic heterocycles. The molecule has 0 atom stereocenters. The van der Waals surface area contributed by atoms with Crippen molar-refractivity contribution in [1.29, 1.82) is 0 Å². The van der Waals surface area contributed by atoms with Gasteiger partial charge in [0.1, 0.15) is 12.0 Å². The van der Waals surface area contributed by atoms with Crippen molar-refractivity contribution in [2.45, 2.75) is 19.3 Å². The van der Waals surface area contributed by atoms with Gasteiger partial charge in [0.2, 0.25) is 5.89 Å². The van der Waals surface area contributed by atoms with Crippen molar-refractivity contribution in [2.75, 3.05) is 6.54 Å². The van der Waals surface area contributed by atoms with Crippen LogP contribution >= 0.6 is 0 Å². The van der Waals surface area contributed by atoms with E-state index in [0.29, 0.717) is 18.1 Å². The standard InChI is InChI=1S/C18H20N4O2/c1-18(2,12-19-16(23)14-9-10-20-22(14)3)15-11-24-17(21-15)13-7-5-4-6-8-13/h4-11H,12H2,1-3H3,(H,19,23). The smallest absolute Gasteiger partial charge is 0.269 e. The molecule has 1 N–H and O–H groups in total. The summed E-state index contributed by atoms with van der Waals surface area (Å²) in [7, 11) is 1.74. The number of nitrogens with zero attached hydrogens (tertiary/aromatic N) is 3. The zero-order valence-electron chi connectivity index (χ0n) is 14.0. The molecule has 6 heteroatoms. The lowest BCUT2D eigenvalue weighted by Crippen LogP contribution is -2.37. The van der Waals surface area contributed by atoms with Crippen LogP contribution in [0.4, 0.5) is 0 Å². The Morgan fingerprint density at radius 2 is 2.00 bits per heavy atom. The van der Waals surface area contributed by atoms with Crippen LogP contribution in [0.3, 0.4) is 0 Å². The third-order valence-corrected chi connectivity index (χ3v) is 3.96. The van der Waals surface area contributed by atoms with Gasteiger partial charge in [0.05, 0.1) is 5.69 Å². The van der Waals surface area contributed by atoms with Crippen molar-refractivity contribution in [1.82, 2.24) is 20.1 Å². The molecule has 0 unspecified atom stereocenters. The number of carbonyl (C=O) groups excluding carboxylic acids is 1. The molecule has 0 saturated carbocycles. The lowest BCUT2D eigenvalue weighted by atomic mass is 9.90. The van der Waals surface area contributed by atoms with Crippen LogP contribution in [-0.2, 0) is 12.5 Å². The van der Waals surface area contributed by atoms with Gasteiger partial charge in [0, 0.05) is 30.8 Å². The largest absolute Gasteiger partial charge is 0.444 e. The first-order chi connectivity index (χ1) is 11.5. The zero-order valence-corrected chi connectivity index (χ0v) is 14.0. The Bertz CT molecular complexity index is 834. The van der Waals surface area contributed by atoms with Crippen LogP contribution in [0, 0.1) is 0 Å². The van der Waals surface area contributed by atoms with Crippen molar-refractivity contribution < 1.29 is 9.21 Å². The number of aryl methyl sites for hydroxylation is 1. The summed E-state index contributed by atoms with van der Waals surface area (Å²) in [6.45, 7) is 4.48. The first-order valence-corrected chi connectivity index (χ1v) is 7.75. The number of aromatic nitrogens is 3. The van der Waals surface area contributed by atoms with Gasteiger partial charge in [0.15, 0.2) is 0 Å². The fraction of sp³-hybridized carbons (Fsp3) is 0.278. The lowest BCUT2D eigenvalue weighted by Gasteiger charge is -2.22. The van der Waals surface area contributed by atoms with Crippen molar-refractivity contribution in [3.8, 4) is 11.5 Å². The van der Waals surface area contributed by atoms with Gasteiger partial charge >= 0.3 is 0 Å². The normalized spacial score (nSPS) is 11.5. The maximum absolute atomic E-state index is 12.2. The summed E-state index contributed by atoms with van der Waals surface area (Å²) in [5.74, 6) is 0.423. The highest BCUT2D eigenvalue weighted by atomic mass is 16.3. The fourth-order valence-electron chi connectivity index (χ4n) is 2.38. The molecule has 1 aromatic carbocycles. The lowest BCUT2D eigenvalue weighted by molar-refractivity contribution is 0.0936. The highest BCUT2D eigenvalue weighted by Crippen LogP contribution is 2.26. The van der Waals surface area contributed by atoms with E-state index in [1.54, 1.807) is 30.3 Å². The molecule has 1 amide bonds. The van der Waals surface area contributed by atoms with E-state index in [1.807, 2.05) is 44.2 Å². The molecule has 3 aromatic rings. The number of rotatable bonds is 5. The molecule has 0 aliphatic heterocycles. The monoisotopic (exact) mass is 324 g/mol. The summed E-state index contributed by atoms with van der Waals surface area (Å²) in [5.41, 5.74) is 1.89. The highest BCUT2D eigenvalue weighted by Gasteiger charge is 2.26. The maximum Gasteiger partial charge on any atom is 0.269 e. The molecule has 0 bridgehead atoms. The van der Waals surface area contributed by atoms with Gasteiger partial charge in [-0.25, -0.2) is 4.98 Å². The Morgan fingerprint density at radius 3 is 2.67 bits per heavy atom. The molecular weight excluding hydrogens is 304 g/mol. The highest BCUT2D eigenvalue weighted by molar-refractivity contribution is 5.92. The van der Waals surface area contributed by atoms with E-state index in [1.165, 1.54) is 0 Å². The maximum atomic E-state index is 12.2. The summed E-state index contributed by atoms with van der Waals surface area (Å²) >= 11 is 0. The molecule has 0 saturated heterocycles. The van der Waals surface area contributed by atoms with E-state index in [2.05, 4.69) is 15.4 Å². The van der Waals surface area contributed by atoms with E-state index in [0.717, 1.165) is 11.3 Å². The van der Waals surface area contributed by atoms with Crippen LogP contribution in [0.2, 0.25) is 0 Å². The number of hydrogen-bond acceptors (Lipinski definition) is 4. The van der Waals surface area contributed by atoms with Gasteiger partial charge in [-0.3, -0.25) is 9.48 Å². The first kappa shape index (κ1) is 16.0. The second kappa shape index (κ2) is 6.31. The second-order valence-corrected chi connectivity index (χ2v) is 6.31. The minimum atomic E-state index is -0.356. The van der Waals surface area contributed by atoms with E-state index >= 15 is 0 Å². The van der Waals surface area contributed by atoms with E-state index in [9.17, 15) is 4.79 Å². The molecule has 24 heavy (non-hydrogen) atoms. The predicted molar refractivity (Wildman–Crippen MR) is 90.5 cm³/mol. The van der Waals surface area contributed by atoms with Crippen molar-refractivity contribution in [2.24, 2.45) is 7.05 Å². The van der Waals surface area contributed by atoms with Crippen LogP contribution < -0.4 is 5.32 Å². The summed E-state index contributed by atoms with van der Waals surface area (Å²) in [4.78, 5) is 16.8. The molecule has 0 spiro atoms. The minimum absolute atomic E-state index is 0.158. The third kappa shape index (κ3) is 3.22. The predicted octanol–water partition coefficient (Wildman–Crippen LogP) is 2.78. The molecule has 3 rings (SSSR count). The fourth-order valence-corrected chi connectivity index (χ4v) is 2.38. The summed E-state index contributed by atoms with van der Waals surface area (Å²) in [6, 6.07) is 11.4. The van der Waals surface area contributed by atoms with E-state index < -0.39 is 0 Å². The Kier molecular flexibility index (Phi) is 4.20. The number of hydrogen-bond donors (Lipinski definition) is 1. The van der Waals surface area contributed by atoms with Crippen molar-refractivity contribution >= 4 is 5.91 Å². The van der Waals surface area contributed by atoms with Crippen LogP contribution in [0.1, 0.15) is 30.0 Å². The molecular formula is C18H20N4O2. The SMILES string of the molecule is Cn1nccc1C(=O)NCC(C)(C)c1coc(-c2ccccc2)n1. The van der Waals surface area contributed by atoms with E-state index in [4.69, 9.17) is 4.42 Å². The van der Waals surface area contributed by atoms with Crippen LogP contribution in [0.15, 0.2) is 53.3 Å². The third-order valence-electron chi connectivity index (χ3n) is 3.96. The van der Waals surface area contributed by atoms with Crippen molar-refractivity contribution in [3.63, 3.8) is 0 Å². The Hall–Kier alpha value is -2.89. The molecule has 0 radical (unpaired) electrons. The van der Waals surface area contributed by atoms with Crippen LogP contribution in [-0.4, -0.2) is 27.2 Å². The van der Waals surface area contributed by atoms with Gasteiger partial charge in [0.25, 0.3) is 5.91 Å². The Labute approximate surface area is 140 Å². The molecule has 0 aliphatic carbocycles. The zero-order chi connectivity index (χ0) is 17.2. The van der Waals surface area contributed by atoms with Crippen molar-refractivity contribution in [3.05, 3.63) is 60.2 Å². The first-order valence-electron chi connectivity index (χ1n) is 7.75. The Morgan fingerprint density at radius 1 is 1.25 bits per heavy atom. The van der Waals surface area contributed by atoms with Gasteiger partial charge in [-0.15, -0.1) is 0 Å². The molecule has 0 aliphatic rings. The summed E-state index contributed by atoms with van der Waals surface area (Å²) in [5, 5.41) is 6.94. The topological polar surface area (TPSA) is 73.0 Å². The second-order valence-electron chi connectivity index (χ2n) is 6.31. The van der Waals surface area contributed by atoms with Gasteiger partial charge in [-0.1, -0.05) is 32.0 Å². The number of nitrogens with one attached hydrogen (secondary N) is 1. The summed E-state index contributed by atoms with van der Waals surface area (Å²) < 4.78 is 7.14. The van der Waals surface area contributed by atoms with Gasteiger partial charge in [-0.2, -0.15) is 5.10 Å². The Balaban J connectivity index is 1.71. The number of carbonyl (C=O) groups is 1. The van der Waals surface area contributed by atoms with Crippen LogP contribution in [0.5, 0.6) is 0 Å². The number of amides is 1. The molecule has 6 nitrogen and oxygen atoms in total. The van der Waals surface area contributed by atoms with Gasteiger partial charge in [-0.05, 0) is 18.2 Å². The molecule has 0 fully saturated rings. The minimum Gasteiger partial charge on any atom is -0.444 e. The number of benzene rings is 1. The quantitative estimate of drug-likeness (QED) is 0.783.